The van der Waals surface area contributed by atoms with E-state index in [9.17, 15) is 8.78 Å². The Bertz CT molecular complexity index is 1220. The highest BCUT2D eigenvalue weighted by Gasteiger charge is 2.27. The van der Waals surface area contributed by atoms with Gasteiger partial charge in [-0.1, -0.05) is 31.4 Å². The van der Waals surface area contributed by atoms with Crippen LogP contribution in [0, 0.1) is 5.92 Å². The summed E-state index contributed by atoms with van der Waals surface area (Å²) in [6, 6.07) is 9.75. The summed E-state index contributed by atoms with van der Waals surface area (Å²) in [7, 11) is 0. The van der Waals surface area contributed by atoms with Crippen LogP contribution in [0.3, 0.4) is 0 Å². The van der Waals surface area contributed by atoms with Gasteiger partial charge in [-0.25, -0.2) is 13.8 Å². The Morgan fingerprint density at radius 3 is 2.39 bits per heavy atom. The van der Waals surface area contributed by atoms with E-state index in [0.717, 1.165) is 38.5 Å². The van der Waals surface area contributed by atoms with Crippen molar-refractivity contribution in [2.45, 2.75) is 57.4 Å². The average Bonchev–Trinajstić information content (AvgIpc) is 3.37. The van der Waals surface area contributed by atoms with E-state index in [1.54, 1.807) is 24.3 Å². The first-order valence-corrected chi connectivity index (χ1v) is 14.1. The predicted octanol–water partition coefficient (Wildman–Crippen LogP) is 5.05. The number of morpholine rings is 1. The van der Waals surface area contributed by atoms with Crippen molar-refractivity contribution in [1.29, 1.82) is 0 Å². The molecule has 0 spiro atoms. The van der Waals surface area contributed by atoms with E-state index < -0.39 is 6.43 Å². The molecule has 3 aliphatic rings. The highest BCUT2D eigenvalue weighted by Crippen LogP contribution is 2.30. The summed E-state index contributed by atoms with van der Waals surface area (Å²) in [6.45, 7) is 5.68. The zero-order chi connectivity index (χ0) is 25.9. The van der Waals surface area contributed by atoms with Crippen LogP contribution in [0.2, 0.25) is 0 Å². The second kappa shape index (κ2) is 11.5. The molecule has 1 aromatic carbocycles. The number of nitrogens with zero attached hydrogens (tertiary/aromatic N) is 6. The Hall–Kier alpha value is -2.85. The number of aromatic nitrogens is 4. The molecular formula is C28H37F2N7O. The molecule has 1 aliphatic carbocycles. The lowest BCUT2D eigenvalue weighted by atomic mass is 9.90. The van der Waals surface area contributed by atoms with Crippen LogP contribution >= 0.6 is 0 Å². The number of hydrogen-bond acceptors (Lipinski definition) is 7. The Balaban J connectivity index is 1.24. The third kappa shape index (κ3) is 5.47. The van der Waals surface area contributed by atoms with E-state index in [2.05, 4.69) is 20.1 Å². The standard InChI is InChI=1S/C28H37F2N7O/c29-26(30)27-32-22-8-4-5-9-23(22)37(27)25-18-24(36-14-16-38-17-15-36)33-28(34-25)31-19-20-10-12-35(13-11-20)21-6-2-1-3-7-21/h4-5,8-9,18,20-21,26H,1-3,6-7,10-17,19H2,(H,31,33,34). The van der Waals surface area contributed by atoms with E-state index in [4.69, 9.17) is 14.7 Å². The first-order chi connectivity index (χ1) is 18.7. The Labute approximate surface area is 222 Å². The van der Waals surface area contributed by atoms with Gasteiger partial charge in [-0.3, -0.25) is 4.57 Å². The molecule has 10 heteroatoms. The summed E-state index contributed by atoms with van der Waals surface area (Å²) in [5, 5.41) is 3.47. The summed E-state index contributed by atoms with van der Waals surface area (Å²) in [5.74, 6) is 1.82. The number of likely N-dealkylation sites (tertiary alicyclic amines) is 1. The quantitative estimate of drug-likeness (QED) is 0.463. The van der Waals surface area contributed by atoms with Gasteiger partial charge in [0.2, 0.25) is 5.95 Å². The minimum absolute atomic E-state index is 0.307. The van der Waals surface area contributed by atoms with Crippen LogP contribution in [0.15, 0.2) is 30.3 Å². The third-order valence-electron chi connectivity index (χ3n) is 8.33. The van der Waals surface area contributed by atoms with Crippen molar-refractivity contribution >= 4 is 22.8 Å². The highest BCUT2D eigenvalue weighted by molar-refractivity contribution is 5.78. The summed E-state index contributed by atoms with van der Waals surface area (Å²) >= 11 is 0. The number of alkyl halides is 2. The normalized spacial score (nSPS) is 20.4. The van der Waals surface area contributed by atoms with Gasteiger partial charge in [-0.15, -0.1) is 0 Å². The number of piperidine rings is 1. The van der Waals surface area contributed by atoms with Gasteiger partial charge in [0.1, 0.15) is 11.6 Å². The number of benzene rings is 1. The second-order valence-corrected chi connectivity index (χ2v) is 10.8. The number of fused-ring (bicyclic) bond motifs is 1. The number of halogens is 2. The lowest BCUT2D eigenvalue weighted by Crippen LogP contribution is -2.43. The maximum atomic E-state index is 14.1. The fourth-order valence-electron chi connectivity index (χ4n) is 6.21. The van der Waals surface area contributed by atoms with E-state index in [-0.39, 0.29) is 5.82 Å². The number of rotatable bonds is 7. The van der Waals surface area contributed by atoms with Gasteiger partial charge in [0.25, 0.3) is 6.43 Å². The van der Waals surface area contributed by atoms with Crippen LogP contribution in [0.4, 0.5) is 20.5 Å². The molecule has 0 unspecified atom stereocenters. The molecule has 0 radical (unpaired) electrons. The van der Waals surface area contributed by atoms with Crippen molar-refractivity contribution in [3.8, 4) is 5.82 Å². The van der Waals surface area contributed by atoms with Crippen LogP contribution in [0.1, 0.15) is 57.2 Å². The second-order valence-electron chi connectivity index (χ2n) is 10.8. The van der Waals surface area contributed by atoms with Crippen molar-refractivity contribution < 1.29 is 13.5 Å². The molecule has 2 aromatic heterocycles. The van der Waals surface area contributed by atoms with Gasteiger partial charge in [0, 0.05) is 31.7 Å². The number of anilines is 2. The van der Waals surface area contributed by atoms with Crippen molar-refractivity contribution in [3.05, 3.63) is 36.2 Å². The maximum absolute atomic E-state index is 14.1. The lowest BCUT2D eigenvalue weighted by Gasteiger charge is -2.39. The van der Waals surface area contributed by atoms with Crippen molar-refractivity contribution in [2.24, 2.45) is 5.92 Å². The fraction of sp³-hybridized carbons (Fsp3) is 0.607. The molecule has 1 N–H and O–H groups in total. The monoisotopic (exact) mass is 525 g/mol. The molecule has 8 nitrogen and oxygen atoms in total. The van der Waals surface area contributed by atoms with E-state index in [1.807, 2.05) is 6.07 Å². The molecule has 4 heterocycles. The van der Waals surface area contributed by atoms with Gasteiger partial charge < -0.3 is 19.9 Å². The van der Waals surface area contributed by atoms with Crippen LogP contribution in [-0.2, 0) is 4.74 Å². The minimum atomic E-state index is -2.73. The van der Waals surface area contributed by atoms with E-state index in [0.29, 0.717) is 60.8 Å². The van der Waals surface area contributed by atoms with Gasteiger partial charge in [0.15, 0.2) is 5.82 Å². The number of ether oxygens (including phenoxy) is 1. The first kappa shape index (κ1) is 25.4. The number of para-hydroxylation sites is 2. The van der Waals surface area contributed by atoms with Crippen molar-refractivity contribution in [1.82, 2.24) is 24.4 Å². The molecule has 0 amide bonds. The van der Waals surface area contributed by atoms with Gasteiger partial charge in [0.05, 0.1) is 24.2 Å². The molecule has 3 aromatic rings. The number of nitrogens with one attached hydrogen (secondary N) is 1. The largest absolute Gasteiger partial charge is 0.378 e. The number of hydrogen-bond donors (Lipinski definition) is 1. The molecular weight excluding hydrogens is 488 g/mol. The third-order valence-corrected chi connectivity index (χ3v) is 8.33. The van der Waals surface area contributed by atoms with Gasteiger partial charge in [-0.05, 0) is 56.8 Å². The van der Waals surface area contributed by atoms with Crippen LogP contribution in [0.5, 0.6) is 0 Å². The zero-order valence-corrected chi connectivity index (χ0v) is 21.9. The van der Waals surface area contributed by atoms with E-state index in [1.165, 1.54) is 36.7 Å². The average molecular weight is 526 g/mol. The first-order valence-electron chi connectivity index (χ1n) is 14.1. The molecule has 0 atom stereocenters. The van der Waals surface area contributed by atoms with Gasteiger partial charge >= 0.3 is 0 Å². The smallest absolute Gasteiger partial charge is 0.296 e. The molecule has 204 valence electrons. The predicted molar refractivity (Wildman–Crippen MR) is 144 cm³/mol. The summed E-state index contributed by atoms with van der Waals surface area (Å²) in [4.78, 5) is 18.6. The van der Waals surface area contributed by atoms with Crippen LogP contribution < -0.4 is 10.2 Å². The molecule has 2 aliphatic heterocycles. The fourth-order valence-corrected chi connectivity index (χ4v) is 6.21. The summed E-state index contributed by atoms with van der Waals surface area (Å²) in [5.41, 5.74) is 1.13. The summed E-state index contributed by atoms with van der Waals surface area (Å²) in [6.07, 6.45) is 6.39. The summed E-state index contributed by atoms with van der Waals surface area (Å²) < 4.78 is 35.2. The Kier molecular flexibility index (Phi) is 7.69. The molecule has 6 rings (SSSR count). The Morgan fingerprint density at radius 2 is 1.63 bits per heavy atom. The van der Waals surface area contributed by atoms with E-state index >= 15 is 0 Å². The minimum Gasteiger partial charge on any atom is -0.378 e. The SMILES string of the molecule is FC(F)c1nc2ccccc2n1-c1cc(N2CCOCC2)nc(NCC2CCN(C3CCCCC3)CC2)n1. The number of imidazole rings is 1. The van der Waals surface area contributed by atoms with Crippen LogP contribution in [0.25, 0.3) is 16.9 Å². The zero-order valence-electron chi connectivity index (χ0n) is 21.9. The maximum Gasteiger partial charge on any atom is 0.296 e. The Morgan fingerprint density at radius 1 is 0.895 bits per heavy atom. The van der Waals surface area contributed by atoms with Crippen LogP contribution in [-0.4, -0.2) is 76.4 Å². The molecule has 0 bridgehead atoms. The highest BCUT2D eigenvalue weighted by atomic mass is 19.3. The molecule has 3 fully saturated rings. The molecule has 1 saturated carbocycles. The topological polar surface area (TPSA) is 71.3 Å². The van der Waals surface area contributed by atoms with Crippen molar-refractivity contribution in [3.63, 3.8) is 0 Å². The van der Waals surface area contributed by atoms with Gasteiger partial charge in [-0.2, -0.15) is 9.97 Å². The van der Waals surface area contributed by atoms with Crippen molar-refractivity contribution in [2.75, 3.05) is 56.2 Å². The molecule has 2 saturated heterocycles. The lowest BCUT2D eigenvalue weighted by molar-refractivity contribution is 0.110. The molecule has 38 heavy (non-hydrogen) atoms.